The van der Waals surface area contributed by atoms with Gasteiger partial charge in [-0.05, 0) is 61.6 Å². The van der Waals surface area contributed by atoms with Gasteiger partial charge in [0.15, 0.2) is 0 Å². The minimum Gasteiger partial charge on any atom is -0.192 e. The van der Waals surface area contributed by atoms with Gasteiger partial charge in [-0.25, -0.2) is 0 Å². The number of benzene rings is 1. The van der Waals surface area contributed by atoms with E-state index >= 15 is 0 Å². The molecule has 0 saturated heterocycles. The molecule has 1 fully saturated rings. The highest BCUT2D eigenvalue weighted by Gasteiger charge is 2.37. The van der Waals surface area contributed by atoms with Crippen LogP contribution >= 0.6 is 0 Å². The van der Waals surface area contributed by atoms with Crippen molar-refractivity contribution in [3.63, 3.8) is 0 Å². The lowest BCUT2D eigenvalue weighted by Crippen LogP contribution is -2.24. The maximum Gasteiger partial charge on any atom is 0.391 e. The Labute approximate surface area is 123 Å². The summed E-state index contributed by atoms with van der Waals surface area (Å²) < 4.78 is 37.8. The lowest BCUT2D eigenvalue weighted by molar-refractivity contribution is -0.174. The molecule has 1 aliphatic rings. The molecule has 1 aromatic carbocycles. The van der Waals surface area contributed by atoms with Crippen molar-refractivity contribution in [2.45, 2.75) is 51.1 Å². The second-order valence-corrected chi connectivity index (χ2v) is 6.13. The number of nitriles is 1. The van der Waals surface area contributed by atoms with Gasteiger partial charge in [0, 0.05) is 0 Å². The predicted molar refractivity (Wildman–Crippen MR) is 75.7 cm³/mol. The average Bonchev–Trinajstić information content (AvgIpc) is 2.47. The molecular weight excluding hydrogens is 275 g/mol. The molecule has 0 spiro atoms. The van der Waals surface area contributed by atoms with Crippen molar-refractivity contribution >= 4 is 0 Å². The molecular formula is C17H20F3N. The quantitative estimate of drug-likeness (QED) is 0.730. The van der Waals surface area contributed by atoms with E-state index in [4.69, 9.17) is 5.26 Å². The van der Waals surface area contributed by atoms with E-state index in [0.29, 0.717) is 11.5 Å². The molecule has 0 radical (unpaired) electrons. The van der Waals surface area contributed by atoms with Crippen molar-refractivity contribution in [2.75, 3.05) is 0 Å². The molecule has 0 N–H and O–H groups in total. The Morgan fingerprint density at radius 1 is 1.14 bits per heavy atom. The molecule has 114 valence electrons. The Morgan fingerprint density at radius 3 is 2.19 bits per heavy atom. The molecule has 1 unspecified atom stereocenters. The largest absolute Gasteiger partial charge is 0.391 e. The number of hydrogen-bond donors (Lipinski definition) is 0. The van der Waals surface area contributed by atoms with E-state index in [9.17, 15) is 13.2 Å². The number of rotatable bonds is 3. The van der Waals surface area contributed by atoms with Crippen molar-refractivity contribution in [3.8, 4) is 6.07 Å². The van der Waals surface area contributed by atoms with Crippen LogP contribution in [0.3, 0.4) is 0 Å². The zero-order valence-electron chi connectivity index (χ0n) is 12.2. The minimum absolute atomic E-state index is 0.191. The first-order valence-electron chi connectivity index (χ1n) is 7.47. The Balaban J connectivity index is 1.87. The van der Waals surface area contributed by atoms with Gasteiger partial charge < -0.3 is 0 Å². The van der Waals surface area contributed by atoms with Gasteiger partial charge in [-0.15, -0.1) is 0 Å². The topological polar surface area (TPSA) is 23.8 Å². The number of alkyl halides is 3. The lowest BCUT2D eigenvalue weighted by atomic mass is 9.76. The second kappa shape index (κ2) is 6.51. The van der Waals surface area contributed by atoms with Crippen molar-refractivity contribution in [1.29, 1.82) is 5.26 Å². The summed E-state index contributed by atoms with van der Waals surface area (Å²) in [4.78, 5) is 0. The van der Waals surface area contributed by atoms with E-state index in [1.807, 2.05) is 24.3 Å². The highest BCUT2D eigenvalue weighted by Crippen LogP contribution is 2.40. The van der Waals surface area contributed by atoms with Crippen LogP contribution in [0.2, 0.25) is 0 Å². The van der Waals surface area contributed by atoms with Gasteiger partial charge in [-0.3, -0.25) is 0 Å². The molecule has 1 aromatic rings. The summed E-state index contributed by atoms with van der Waals surface area (Å²) in [6, 6.07) is 9.67. The van der Waals surface area contributed by atoms with Crippen molar-refractivity contribution < 1.29 is 13.2 Å². The SMILES string of the molecule is CC(CC1CCC(c2ccc(C#N)cc2)CC1)C(F)(F)F. The molecule has 0 heterocycles. The van der Waals surface area contributed by atoms with E-state index < -0.39 is 12.1 Å². The molecule has 2 rings (SSSR count). The molecule has 0 bridgehead atoms. The average molecular weight is 295 g/mol. The number of nitrogens with zero attached hydrogens (tertiary/aromatic N) is 1. The van der Waals surface area contributed by atoms with E-state index in [2.05, 4.69) is 6.07 Å². The number of halogens is 3. The van der Waals surface area contributed by atoms with Crippen LogP contribution in [-0.4, -0.2) is 6.18 Å². The molecule has 0 amide bonds. The van der Waals surface area contributed by atoms with Gasteiger partial charge >= 0.3 is 6.18 Å². The summed E-state index contributed by atoms with van der Waals surface area (Å²) >= 11 is 0. The van der Waals surface area contributed by atoms with Crippen LogP contribution in [0.1, 0.15) is 56.1 Å². The zero-order chi connectivity index (χ0) is 15.5. The first-order valence-corrected chi connectivity index (χ1v) is 7.47. The summed E-state index contributed by atoms with van der Waals surface area (Å²) in [6.45, 7) is 1.28. The van der Waals surface area contributed by atoms with E-state index in [0.717, 1.165) is 25.7 Å². The van der Waals surface area contributed by atoms with Crippen molar-refractivity contribution in [2.24, 2.45) is 11.8 Å². The van der Waals surface area contributed by atoms with Gasteiger partial charge in [0.2, 0.25) is 0 Å². The van der Waals surface area contributed by atoms with Gasteiger partial charge in [0.05, 0.1) is 17.6 Å². The molecule has 0 aromatic heterocycles. The van der Waals surface area contributed by atoms with Crippen LogP contribution in [0, 0.1) is 23.2 Å². The Kier molecular flexibility index (Phi) is 4.92. The second-order valence-electron chi connectivity index (χ2n) is 6.13. The molecule has 21 heavy (non-hydrogen) atoms. The Bertz CT molecular complexity index is 490. The summed E-state index contributed by atoms with van der Waals surface area (Å²) in [5, 5.41) is 8.78. The van der Waals surface area contributed by atoms with Gasteiger partial charge in [0.25, 0.3) is 0 Å². The first-order chi connectivity index (χ1) is 9.90. The van der Waals surface area contributed by atoms with Crippen molar-refractivity contribution in [3.05, 3.63) is 35.4 Å². The molecule has 1 aliphatic carbocycles. The Hall–Kier alpha value is -1.50. The molecule has 0 aliphatic heterocycles. The predicted octanol–water partition coefficient (Wildman–Crippen LogP) is 5.42. The third kappa shape index (κ3) is 4.23. The van der Waals surface area contributed by atoms with E-state index in [1.165, 1.54) is 12.5 Å². The van der Waals surface area contributed by atoms with Gasteiger partial charge in [-0.2, -0.15) is 18.4 Å². The normalized spacial score (nSPS) is 24.3. The maximum absolute atomic E-state index is 12.6. The highest BCUT2D eigenvalue weighted by molar-refractivity contribution is 5.33. The first kappa shape index (κ1) is 15.9. The van der Waals surface area contributed by atoms with E-state index in [-0.39, 0.29) is 12.3 Å². The lowest BCUT2D eigenvalue weighted by Gasteiger charge is -2.31. The summed E-state index contributed by atoms with van der Waals surface area (Å²) in [5.74, 6) is -0.583. The van der Waals surface area contributed by atoms with Crippen molar-refractivity contribution in [1.82, 2.24) is 0 Å². The standard InChI is InChI=1S/C17H20F3N/c1-12(17(18,19)20)10-13-2-6-15(7-3-13)16-8-4-14(11-21)5-9-16/h4-5,8-9,12-13,15H,2-3,6-7,10H2,1H3. The van der Waals surface area contributed by atoms with E-state index in [1.54, 1.807) is 0 Å². The highest BCUT2D eigenvalue weighted by atomic mass is 19.4. The summed E-state index contributed by atoms with van der Waals surface area (Å²) in [6.07, 6.45) is -0.188. The van der Waals surface area contributed by atoms with Gasteiger partial charge in [-0.1, -0.05) is 19.1 Å². The fraction of sp³-hybridized carbons (Fsp3) is 0.588. The zero-order valence-corrected chi connectivity index (χ0v) is 12.2. The molecule has 4 heteroatoms. The summed E-state index contributed by atoms with van der Waals surface area (Å²) in [5.41, 5.74) is 1.85. The number of hydrogen-bond acceptors (Lipinski definition) is 1. The van der Waals surface area contributed by atoms with Crippen LogP contribution in [0.5, 0.6) is 0 Å². The fourth-order valence-electron chi connectivity index (χ4n) is 3.19. The third-order valence-corrected chi connectivity index (χ3v) is 4.60. The molecule has 1 saturated carbocycles. The third-order valence-electron chi connectivity index (χ3n) is 4.60. The van der Waals surface area contributed by atoms with Crippen LogP contribution in [-0.2, 0) is 0 Å². The maximum atomic E-state index is 12.6. The fourth-order valence-corrected chi connectivity index (χ4v) is 3.19. The smallest absolute Gasteiger partial charge is 0.192 e. The van der Waals surface area contributed by atoms with Crippen LogP contribution in [0.15, 0.2) is 24.3 Å². The van der Waals surface area contributed by atoms with Gasteiger partial charge in [0.1, 0.15) is 0 Å². The molecule has 1 atom stereocenters. The molecule has 1 nitrogen and oxygen atoms in total. The Morgan fingerprint density at radius 2 is 1.71 bits per heavy atom. The summed E-state index contributed by atoms with van der Waals surface area (Å²) in [7, 11) is 0. The van der Waals surface area contributed by atoms with Crippen LogP contribution in [0.25, 0.3) is 0 Å². The van der Waals surface area contributed by atoms with Crippen LogP contribution < -0.4 is 0 Å². The monoisotopic (exact) mass is 295 g/mol. The van der Waals surface area contributed by atoms with Crippen LogP contribution in [0.4, 0.5) is 13.2 Å². The minimum atomic E-state index is -4.07.